The summed E-state index contributed by atoms with van der Waals surface area (Å²) in [7, 11) is 0. The van der Waals surface area contributed by atoms with Gasteiger partial charge in [0.1, 0.15) is 0 Å². The van der Waals surface area contributed by atoms with Gasteiger partial charge in [0.2, 0.25) is 0 Å². The van der Waals surface area contributed by atoms with Crippen LogP contribution in [0.5, 0.6) is 0 Å². The molecule has 0 unspecified atom stereocenters. The number of nitro groups is 1. The van der Waals surface area contributed by atoms with E-state index in [0.717, 1.165) is 18.7 Å². The largest absolute Gasteiger partial charge is 0.313 e. The molecule has 1 aromatic rings. The molecule has 0 aliphatic carbocycles. The number of benzene rings is 1. The Morgan fingerprint density at radius 2 is 1.80 bits per heavy atom. The van der Waals surface area contributed by atoms with Crippen LogP contribution in [0.4, 0.5) is 5.69 Å². The zero-order chi connectivity index (χ0) is 11.7. The highest BCUT2D eigenvalue weighted by atomic mass is 16.6. The van der Waals surface area contributed by atoms with Crippen molar-refractivity contribution in [2.45, 2.75) is 27.3 Å². The van der Waals surface area contributed by atoms with Gasteiger partial charge in [-0.25, -0.2) is 0 Å². The Balaban J connectivity index is 0.000000921. The summed E-state index contributed by atoms with van der Waals surface area (Å²) < 4.78 is 0. The minimum Gasteiger partial charge on any atom is -0.313 e. The van der Waals surface area contributed by atoms with Crippen molar-refractivity contribution in [3.8, 4) is 0 Å². The Morgan fingerprint density at radius 3 is 2.20 bits per heavy atom. The zero-order valence-corrected chi connectivity index (χ0v) is 9.49. The molecule has 1 aromatic carbocycles. The number of nitrogens with zero attached hydrogens (tertiary/aromatic N) is 1. The van der Waals surface area contributed by atoms with Crippen LogP contribution in [0, 0.1) is 10.1 Å². The van der Waals surface area contributed by atoms with E-state index in [9.17, 15) is 10.1 Å². The van der Waals surface area contributed by atoms with Gasteiger partial charge >= 0.3 is 0 Å². The fraction of sp³-hybridized carbons (Fsp3) is 0.455. The van der Waals surface area contributed by atoms with Gasteiger partial charge in [0.25, 0.3) is 5.69 Å². The minimum atomic E-state index is -0.392. The molecule has 0 fully saturated rings. The number of nitrogens with one attached hydrogen (secondary N) is 1. The molecule has 1 rings (SSSR count). The van der Waals surface area contributed by atoms with E-state index >= 15 is 0 Å². The van der Waals surface area contributed by atoms with Gasteiger partial charge in [-0.2, -0.15) is 0 Å². The molecule has 0 aliphatic rings. The van der Waals surface area contributed by atoms with Gasteiger partial charge in [0.15, 0.2) is 0 Å². The summed E-state index contributed by atoms with van der Waals surface area (Å²) >= 11 is 0. The molecule has 0 aliphatic heterocycles. The van der Waals surface area contributed by atoms with E-state index in [-0.39, 0.29) is 5.69 Å². The molecule has 0 heterocycles. The molecule has 0 aromatic heterocycles. The Labute approximate surface area is 90.5 Å². The molecule has 0 bridgehead atoms. The maximum absolute atomic E-state index is 10.3. The lowest BCUT2D eigenvalue weighted by atomic mass is 10.2. The van der Waals surface area contributed by atoms with Crippen LogP contribution in [0.3, 0.4) is 0 Å². The second kappa shape index (κ2) is 7.94. The third kappa shape index (κ3) is 5.12. The molecular weight excluding hydrogens is 192 g/mol. The van der Waals surface area contributed by atoms with Gasteiger partial charge in [-0.05, 0) is 12.1 Å². The quantitative estimate of drug-likeness (QED) is 0.614. The molecule has 0 amide bonds. The number of rotatable bonds is 4. The van der Waals surface area contributed by atoms with Crippen LogP contribution in [0.2, 0.25) is 0 Å². The third-order valence-corrected chi connectivity index (χ3v) is 1.73. The van der Waals surface area contributed by atoms with Gasteiger partial charge in [-0.1, -0.05) is 32.9 Å². The van der Waals surface area contributed by atoms with Crippen molar-refractivity contribution >= 4 is 5.69 Å². The van der Waals surface area contributed by atoms with E-state index in [4.69, 9.17) is 0 Å². The van der Waals surface area contributed by atoms with E-state index < -0.39 is 4.92 Å². The van der Waals surface area contributed by atoms with Crippen molar-refractivity contribution in [2.24, 2.45) is 0 Å². The first-order valence-corrected chi connectivity index (χ1v) is 5.18. The second-order valence-electron chi connectivity index (χ2n) is 2.70. The molecule has 84 valence electrons. The Hall–Kier alpha value is -1.42. The SMILES string of the molecule is CC.CCNCc1ccc([N+](=O)[O-])cc1. The molecule has 0 atom stereocenters. The number of hydrogen-bond donors (Lipinski definition) is 1. The summed E-state index contributed by atoms with van der Waals surface area (Å²) in [6, 6.07) is 6.57. The molecule has 1 N–H and O–H groups in total. The normalized spacial score (nSPS) is 9.00. The molecule has 0 spiro atoms. The predicted molar refractivity (Wildman–Crippen MR) is 61.8 cm³/mol. The summed E-state index contributed by atoms with van der Waals surface area (Å²) in [4.78, 5) is 9.92. The summed E-state index contributed by atoms with van der Waals surface area (Å²) in [6.45, 7) is 7.68. The lowest BCUT2D eigenvalue weighted by Gasteiger charge is -2.00. The van der Waals surface area contributed by atoms with Gasteiger partial charge in [-0.15, -0.1) is 0 Å². The third-order valence-electron chi connectivity index (χ3n) is 1.73. The highest BCUT2D eigenvalue weighted by Crippen LogP contribution is 2.11. The number of non-ortho nitro benzene ring substituents is 1. The molecule has 0 radical (unpaired) electrons. The average Bonchev–Trinajstić information content (AvgIpc) is 2.29. The first-order chi connectivity index (χ1) is 7.24. The Bertz CT molecular complexity index is 283. The van der Waals surface area contributed by atoms with Gasteiger partial charge in [-0.3, -0.25) is 10.1 Å². The van der Waals surface area contributed by atoms with Crippen molar-refractivity contribution in [1.82, 2.24) is 5.32 Å². The highest BCUT2D eigenvalue weighted by Gasteiger charge is 2.02. The molecule has 0 saturated carbocycles. The first-order valence-electron chi connectivity index (χ1n) is 5.18. The monoisotopic (exact) mass is 210 g/mol. The van der Waals surface area contributed by atoms with Crippen LogP contribution in [0.15, 0.2) is 24.3 Å². The predicted octanol–water partition coefficient (Wildman–Crippen LogP) is 2.73. The van der Waals surface area contributed by atoms with Crippen molar-refractivity contribution in [2.75, 3.05) is 6.54 Å². The number of nitro benzene ring substituents is 1. The van der Waals surface area contributed by atoms with Crippen molar-refractivity contribution < 1.29 is 4.92 Å². The van der Waals surface area contributed by atoms with Gasteiger partial charge < -0.3 is 5.32 Å². The van der Waals surface area contributed by atoms with Crippen LogP contribution in [-0.4, -0.2) is 11.5 Å². The van der Waals surface area contributed by atoms with Crippen molar-refractivity contribution in [3.63, 3.8) is 0 Å². The lowest BCUT2D eigenvalue weighted by molar-refractivity contribution is -0.384. The minimum absolute atomic E-state index is 0.139. The highest BCUT2D eigenvalue weighted by molar-refractivity contribution is 5.32. The van der Waals surface area contributed by atoms with Crippen LogP contribution in [-0.2, 0) is 6.54 Å². The summed E-state index contributed by atoms with van der Waals surface area (Å²) in [5, 5.41) is 13.5. The van der Waals surface area contributed by atoms with Crippen LogP contribution < -0.4 is 5.32 Å². The van der Waals surface area contributed by atoms with E-state index in [1.165, 1.54) is 12.1 Å². The van der Waals surface area contributed by atoms with E-state index in [0.29, 0.717) is 0 Å². The fourth-order valence-corrected chi connectivity index (χ4v) is 1.00. The number of hydrogen-bond acceptors (Lipinski definition) is 3. The smallest absolute Gasteiger partial charge is 0.269 e. The molecular formula is C11H18N2O2. The second-order valence-corrected chi connectivity index (χ2v) is 2.70. The van der Waals surface area contributed by atoms with E-state index in [1.54, 1.807) is 12.1 Å². The summed E-state index contributed by atoms with van der Waals surface area (Å²) in [6.07, 6.45) is 0. The molecule has 4 nitrogen and oxygen atoms in total. The maximum Gasteiger partial charge on any atom is 0.269 e. The van der Waals surface area contributed by atoms with Gasteiger partial charge in [0, 0.05) is 18.7 Å². The summed E-state index contributed by atoms with van der Waals surface area (Å²) in [5.41, 5.74) is 1.20. The van der Waals surface area contributed by atoms with Crippen LogP contribution in [0.1, 0.15) is 26.3 Å². The molecule has 4 heteroatoms. The van der Waals surface area contributed by atoms with E-state index in [2.05, 4.69) is 5.32 Å². The maximum atomic E-state index is 10.3. The molecule has 0 saturated heterocycles. The molecule has 15 heavy (non-hydrogen) atoms. The Morgan fingerprint density at radius 1 is 1.27 bits per heavy atom. The van der Waals surface area contributed by atoms with Crippen molar-refractivity contribution in [1.29, 1.82) is 0 Å². The standard InChI is InChI=1S/C9H12N2O2.C2H6/c1-2-10-7-8-3-5-9(6-4-8)11(12)13;1-2/h3-6,10H,2,7H2,1H3;1-2H3. The van der Waals surface area contributed by atoms with Crippen LogP contribution in [0.25, 0.3) is 0 Å². The summed E-state index contributed by atoms with van der Waals surface area (Å²) in [5.74, 6) is 0. The van der Waals surface area contributed by atoms with Crippen LogP contribution >= 0.6 is 0 Å². The lowest BCUT2D eigenvalue weighted by Crippen LogP contribution is -2.11. The topological polar surface area (TPSA) is 55.2 Å². The average molecular weight is 210 g/mol. The fourth-order valence-electron chi connectivity index (χ4n) is 1.00. The van der Waals surface area contributed by atoms with E-state index in [1.807, 2.05) is 20.8 Å². The van der Waals surface area contributed by atoms with Gasteiger partial charge in [0.05, 0.1) is 4.92 Å². The Kier molecular flexibility index (Phi) is 7.18. The van der Waals surface area contributed by atoms with Crippen molar-refractivity contribution in [3.05, 3.63) is 39.9 Å². The zero-order valence-electron chi connectivity index (χ0n) is 9.49. The first kappa shape index (κ1) is 13.6.